The van der Waals surface area contributed by atoms with Gasteiger partial charge < -0.3 is 14.7 Å². The van der Waals surface area contributed by atoms with Crippen molar-refractivity contribution >= 4 is 21.7 Å². The van der Waals surface area contributed by atoms with Crippen molar-refractivity contribution in [2.75, 3.05) is 38.3 Å². The van der Waals surface area contributed by atoms with E-state index in [1.807, 2.05) is 11.0 Å². The van der Waals surface area contributed by atoms with Gasteiger partial charge in [0.15, 0.2) is 0 Å². The number of hydrogen-bond acceptors (Lipinski definition) is 5. The number of methoxy groups -OCH3 is 1. The zero-order valence-corrected chi connectivity index (χ0v) is 12.6. The van der Waals surface area contributed by atoms with Gasteiger partial charge in [-0.1, -0.05) is 13.8 Å². The first-order valence-corrected chi connectivity index (χ1v) is 6.77. The molecule has 0 spiro atoms. The molecule has 0 atom stereocenters. The van der Waals surface area contributed by atoms with Crippen molar-refractivity contribution in [3.8, 4) is 0 Å². The molecule has 0 unspecified atom stereocenters. The minimum Gasteiger partial charge on any atom is -0.395 e. The number of aromatic nitrogens is 2. The minimum atomic E-state index is 0.0857. The highest BCUT2D eigenvalue weighted by Gasteiger charge is 2.12. The summed E-state index contributed by atoms with van der Waals surface area (Å²) in [7, 11) is 1.66. The zero-order chi connectivity index (χ0) is 13.5. The molecule has 0 amide bonds. The van der Waals surface area contributed by atoms with E-state index in [0.717, 1.165) is 16.2 Å². The Hall–Kier alpha value is -0.720. The number of rotatable bonds is 7. The van der Waals surface area contributed by atoms with Crippen LogP contribution in [0.1, 0.15) is 25.6 Å². The molecule has 0 aromatic carbocycles. The van der Waals surface area contributed by atoms with E-state index in [9.17, 15) is 0 Å². The number of aliphatic hydroxyl groups is 1. The van der Waals surface area contributed by atoms with Crippen molar-refractivity contribution in [3.63, 3.8) is 0 Å². The van der Waals surface area contributed by atoms with Crippen molar-refractivity contribution in [1.29, 1.82) is 0 Å². The van der Waals surface area contributed by atoms with Crippen LogP contribution in [-0.2, 0) is 4.74 Å². The highest BCUT2D eigenvalue weighted by atomic mass is 79.9. The van der Waals surface area contributed by atoms with Crippen LogP contribution in [0.25, 0.3) is 0 Å². The monoisotopic (exact) mass is 317 g/mol. The van der Waals surface area contributed by atoms with Gasteiger partial charge in [0, 0.05) is 32.2 Å². The molecule has 0 aliphatic rings. The Balaban J connectivity index is 2.95. The van der Waals surface area contributed by atoms with E-state index in [1.54, 1.807) is 7.11 Å². The first kappa shape index (κ1) is 15.3. The highest BCUT2D eigenvalue weighted by Crippen LogP contribution is 2.20. The fourth-order valence-corrected chi connectivity index (χ4v) is 1.89. The molecule has 1 heterocycles. The predicted octanol–water partition coefficient (Wildman–Crippen LogP) is 1.81. The standard InChI is InChI=1S/C12H20BrN3O2/c1-9(2)12-14-10(13)8-11(15-12)16(4-6-17)5-7-18-3/h8-9,17H,4-7H2,1-3H3. The van der Waals surface area contributed by atoms with Crippen molar-refractivity contribution in [2.45, 2.75) is 19.8 Å². The predicted molar refractivity (Wildman–Crippen MR) is 75.0 cm³/mol. The van der Waals surface area contributed by atoms with Crippen LogP contribution < -0.4 is 4.90 Å². The van der Waals surface area contributed by atoms with Gasteiger partial charge in [0.2, 0.25) is 0 Å². The Labute approximate surface area is 116 Å². The lowest BCUT2D eigenvalue weighted by Crippen LogP contribution is -2.31. The van der Waals surface area contributed by atoms with Crippen molar-refractivity contribution < 1.29 is 9.84 Å². The molecule has 6 heteroatoms. The Morgan fingerprint density at radius 2 is 2.11 bits per heavy atom. The van der Waals surface area contributed by atoms with Gasteiger partial charge in [0.25, 0.3) is 0 Å². The fourth-order valence-electron chi connectivity index (χ4n) is 1.51. The van der Waals surface area contributed by atoms with E-state index < -0.39 is 0 Å². The first-order valence-electron chi connectivity index (χ1n) is 5.97. The maximum Gasteiger partial charge on any atom is 0.134 e. The third kappa shape index (κ3) is 4.51. The second kappa shape index (κ2) is 7.66. The van der Waals surface area contributed by atoms with E-state index in [4.69, 9.17) is 9.84 Å². The second-order valence-electron chi connectivity index (χ2n) is 4.27. The first-order chi connectivity index (χ1) is 8.58. The van der Waals surface area contributed by atoms with Crippen molar-refractivity contribution in [1.82, 2.24) is 9.97 Å². The van der Waals surface area contributed by atoms with Crippen LogP contribution in [0.2, 0.25) is 0 Å². The molecule has 1 aromatic heterocycles. The van der Waals surface area contributed by atoms with Crippen LogP contribution in [0.15, 0.2) is 10.7 Å². The topological polar surface area (TPSA) is 58.5 Å². The molecule has 18 heavy (non-hydrogen) atoms. The third-order valence-electron chi connectivity index (χ3n) is 2.47. The largest absolute Gasteiger partial charge is 0.395 e. The summed E-state index contributed by atoms with van der Waals surface area (Å²) >= 11 is 3.40. The molecule has 0 bridgehead atoms. The molecule has 5 nitrogen and oxygen atoms in total. The van der Waals surface area contributed by atoms with Crippen LogP contribution in [0, 0.1) is 0 Å². The van der Waals surface area contributed by atoms with Gasteiger partial charge in [-0.15, -0.1) is 0 Å². The molecule has 0 saturated carbocycles. The summed E-state index contributed by atoms with van der Waals surface area (Å²) in [6.07, 6.45) is 0. The van der Waals surface area contributed by atoms with Gasteiger partial charge in [-0.05, 0) is 15.9 Å². The molecule has 1 rings (SSSR count). The quantitative estimate of drug-likeness (QED) is 0.777. The summed E-state index contributed by atoms with van der Waals surface area (Å²) in [6.45, 7) is 6.01. The van der Waals surface area contributed by atoms with E-state index in [1.165, 1.54) is 0 Å². The maximum atomic E-state index is 9.11. The lowest BCUT2D eigenvalue weighted by molar-refractivity contribution is 0.202. The van der Waals surface area contributed by atoms with E-state index in [-0.39, 0.29) is 12.5 Å². The average Bonchev–Trinajstić information content (AvgIpc) is 2.33. The van der Waals surface area contributed by atoms with Gasteiger partial charge in [-0.3, -0.25) is 0 Å². The Morgan fingerprint density at radius 1 is 1.39 bits per heavy atom. The summed E-state index contributed by atoms with van der Waals surface area (Å²) in [5.41, 5.74) is 0. The number of nitrogens with zero attached hydrogens (tertiary/aromatic N) is 3. The maximum absolute atomic E-state index is 9.11. The Kier molecular flexibility index (Phi) is 6.52. The molecule has 0 aliphatic carbocycles. The van der Waals surface area contributed by atoms with Gasteiger partial charge in [-0.2, -0.15) is 0 Å². The van der Waals surface area contributed by atoms with Crippen molar-refractivity contribution in [2.24, 2.45) is 0 Å². The van der Waals surface area contributed by atoms with Gasteiger partial charge in [-0.25, -0.2) is 9.97 Å². The average molecular weight is 318 g/mol. The van der Waals surface area contributed by atoms with Gasteiger partial charge in [0.1, 0.15) is 16.2 Å². The second-order valence-corrected chi connectivity index (χ2v) is 5.08. The number of anilines is 1. The van der Waals surface area contributed by atoms with E-state index >= 15 is 0 Å². The number of hydrogen-bond donors (Lipinski definition) is 1. The SMILES string of the molecule is COCCN(CCO)c1cc(Br)nc(C(C)C)n1. The summed E-state index contributed by atoms with van der Waals surface area (Å²) in [6, 6.07) is 1.86. The van der Waals surface area contributed by atoms with Crippen LogP contribution in [0.3, 0.4) is 0 Å². The summed E-state index contributed by atoms with van der Waals surface area (Å²) < 4.78 is 5.83. The minimum absolute atomic E-state index is 0.0857. The molecule has 0 aliphatic heterocycles. The lowest BCUT2D eigenvalue weighted by atomic mass is 10.2. The molecular formula is C12H20BrN3O2. The van der Waals surface area contributed by atoms with Crippen molar-refractivity contribution in [3.05, 3.63) is 16.5 Å². The smallest absolute Gasteiger partial charge is 0.134 e. The highest BCUT2D eigenvalue weighted by molar-refractivity contribution is 9.10. The van der Waals surface area contributed by atoms with Crippen LogP contribution in [0.4, 0.5) is 5.82 Å². The van der Waals surface area contributed by atoms with Gasteiger partial charge >= 0.3 is 0 Å². The van der Waals surface area contributed by atoms with E-state index in [0.29, 0.717) is 19.7 Å². The summed E-state index contributed by atoms with van der Waals surface area (Å²) in [5, 5.41) is 9.11. The number of ether oxygens (including phenoxy) is 1. The fraction of sp³-hybridized carbons (Fsp3) is 0.667. The zero-order valence-electron chi connectivity index (χ0n) is 11.1. The Bertz CT molecular complexity index is 374. The third-order valence-corrected chi connectivity index (χ3v) is 2.88. The lowest BCUT2D eigenvalue weighted by Gasteiger charge is -2.23. The van der Waals surface area contributed by atoms with Crippen LogP contribution in [-0.4, -0.2) is 48.5 Å². The molecule has 0 saturated heterocycles. The van der Waals surface area contributed by atoms with Crippen LogP contribution >= 0.6 is 15.9 Å². The van der Waals surface area contributed by atoms with Crippen LogP contribution in [0.5, 0.6) is 0 Å². The number of halogens is 1. The normalized spacial score (nSPS) is 11.0. The summed E-state index contributed by atoms with van der Waals surface area (Å²) in [4.78, 5) is 10.9. The molecule has 102 valence electrons. The molecule has 0 fully saturated rings. The molecule has 1 N–H and O–H groups in total. The van der Waals surface area contributed by atoms with Gasteiger partial charge in [0.05, 0.1) is 13.2 Å². The van der Waals surface area contributed by atoms with E-state index in [2.05, 4.69) is 39.7 Å². The molecular weight excluding hydrogens is 298 g/mol. The molecule has 1 aromatic rings. The summed E-state index contributed by atoms with van der Waals surface area (Å²) in [5.74, 6) is 1.87. The number of aliphatic hydroxyl groups excluding tert-OH is 1. The Morgan fingerprint density at radius 3 is 2.67 bits per heavy atom. The molecule has 0 radical (unpaired) electrons.